The second kappa shape index (κ2) is 4.81. The number of hydrogen-bond donors (Lipinski definition) is 0. The van der Waals surface area contributed by atoms with E-state index in [1.54, 1.807) is 0 Å². The number of alkyl halides is 8. The van der Waals surface area contributed by atoms with Crippen molar-refractivity contribution in [1.29, 1.82) is 0 Å². The smallest absolute Gasteiger partial charge is 0.240 e. The largest absolute Gasteiger partial charge is 0.392 e. The van der Waals surface area contributed by atoms with E-state index in [9.17, 15) is 35.1 Å². The third-order valence-electron chi connectivity index (χ3n) is 2.15. The molecule has 0 fully saturated rings. The lowest BCUT2D eigenvalue weighted by Gasteiger charge is -2.30. The predicted molar refractivity (Wildman–Crippen MR) is 44.9 cm³/mol. The fraction of sp³-hybridized carbons (Fsp3) is 0.778. The van der Waals surface area contributed by atoms with Crippen molar-refractivity contribution < 1.29 is 35.1 Å². The molecule has 0 bridgehead atoms. The van der Waals surface area contributed by atoms with Crippen LogP contribution in [0.1, 0.15) is 20.3 Å². The van der Waals surface area contributed by atoms with E-state index in [0.29, 0.717) is 13.0 Å². The van der Waals surface area contributed by atoms with E-state index in [-0.39, 0.29) is 0 Å². The highest BCUT2D eigenvalue weighted by atomic mass is 19.4. The number of halogens is 8. The zero-order valence-corrected chi connectivity index (χ0v) is 8.89. The van der Waals surface area contributed by atoms with E-state index >= 15 is 0 Å². The van der Waals surface area contributed by atoms with Gasteiger partial charge in [0, 0.05) is 0 Å². The van der Waals surface area contributed by atoms with Crippen LogP contribution in [-0.2, 0) is 0 Å². The van der Waals surface area contributed by atoms with Crippen LogP contribution in [0.5, 0.6) is 0 Å². The Balaban J connectivity index is 5.13. The van der Waals surface area contributed by atoms with Crippen LogP contribution < -0.4 is 0 Å². The van der Waals surface area contributed by atoms with Crippen LogP contribution in [0.2, 0.25) is 0 Å². The van der Waals surface area contributed by atoms with E-state index in [0.717, 1.165) is 6.92 Å². The van der Waals surface area contributed by atoms with Crippen molar-refractivity contribution in [2.45, 2.75) is 44.5 Å². The highest BCUT2D eigenvalue weighted by Crippen LogP contribution is 2.45. The topological polar surface area (TPSA) is 0 Å². The lowest BCUT2D eigenvalue weighted by molar-refractivity contribution is -0.242. The summed E-state index contributed by atoms with van der Waals surface area (Å²) in [5.41, 5.74) is -1.19. The van der Waals surface area contributed by atoms with E-state index < -0.39 is 36.2 Å². The number of rotatable bonds is 4. The monoisotopic (exact) mass is 270 g/mol. The SMILES string of the molecule is CC=C(C)C(F)(F)C(F)(F)C(F)CC(F)(F)F. The summed E-state index contributed by atoms with van der Waals surface area (Å²) in [5.74, 6) is -10.4. The molecule has 0 aromatic rings. The first-order chi connectivity index (χ1) is 7.36. The maximum absolute atomic E-state index is 13.0. The molecule has 0 heterocycles. The summed E-state index contributed by atoms with van der Waals surface area (Å²) < 4.78 is 99.5. The van der Waals surface area contributed by atoms with E-state index in [2.05, 4.69) is 0 Å². The standard InChI is InChI=1S/C9H10F8/c1-3-5(2)8(14,15)9(16,17)6(10)4-7(11,12)13/h3,6H,4H2,1-2H3. The van der Waals surface area contributed by atoms with Gasteiger partial charge in [0.1, 0.15) is 0 Å². The van der Waals surface area contributed by atoms with Gasteiger partial charge in [-0.3, -0.25) is 0 Å². The molecule has 102 valence electrons. The Bertz CT molecular complexity index is 288. The summed E-state index contributed by atoms with van der Waals surface area (Å²) in [6.45, 7) is 1.59. The summed E-state index contributed by atoms with van der Waals surface area (Å²) in [4.78, 5) is 0. The number of hydrogen-bond acceptors (Lipinski definition) is 0. The van der Waals surface area contributed by atoms with Gasteiger partial charge in [-0.15, -0.1) is 0 Å². The van der Waals surface area contributed by atoms with Gasteiger partial charge in [0.25, 0.3) is 0 Å². The molecule has 0 amide bonds. The van der Waals surface area contributed by atoms with Gasteiger partial charge in [-0.2, -0.15) is 30.7 Å². The third-order valence-corrected chi connectivity index (χ3v) is 2.15. The van der Waals surface area contributed by atoms with Crippen LogP contribution in [0.25, 0.3) is 0 Å². The Hall–Kier alpha value is -0.820. The molecule has 0 aliphatic rings. The second-order valence-corrected chi connectivity index (χ2v) is 3.46. The molecule has 1 atom stereocenters. The van der Waals surface area contributed by atoms with Crippen LogP contribution >= 0.6 is 0 Å². The molecule has 0 saturated carbocycles. The molecule has 0 saturated heterocycles. The Morgan fingerprint density at radius 1 is 1.06 bits per heavy atom. The Morgan fingerprint density at radius 2 is 1.47 bits per heavy atom. The summed E-state index contributed by atoms with van der Waals surface area (Å²) in [6.07, 6.45) is -11.3. The van der Waals surface area contributed by atoms with Crippen LogP contribution in [0.3, 0.4) is 0 Å². The maximum Gasteiger partial charge on any atom is 0.392 e. The van der Waals surface area contributed by atoms with Crippen molar-refractivity contribution in [1.82, 2.24) is 0 Å². The van der Waals surface area contributed by atoms with E-state index in [4.69, 9.17) is 0 Å². The molecule has 0 radical (unpaired) electrons. The van der Waals surface area contributed by atoms with Gasteiger partial charge < -0.3 is 0 Å². The van der Waals surface area contributed by atoms with Crippen molar-refractivity contribution in [3.05, 3.63) is 11.6 Å². The minimum Gasteiger partial charge on any atom is -0.240 e. The summed E-state index contributed by atoms with van der Waals surface area (Å²) in [5, 5.41) is 0. The van der Waals surface area contributed by atoms with Gasteiger partial charge in [-0.25, -0.2) is 4.39 Å². The molecule has 0 aromatic carbocycles. The van der Waals surface area contributed by atoms with Gasteiger partial charge in [-0.1, -0.05) is 6.08 Å². The summed E-state index contributed by atoms with van der Waals surface area (Å²) >= 11 is 0. The van der Waals surface area contributed by atoms with Crippen LogP contribution in [0.4, 0.5) is 35.1 Å². The lowest BCUT2D eigenvalue weighted by atomic mass is 9.98. The van der Waals surface area contributed by atoms with Gasteiger partial charge >= 0.3 is 18.0 Å². The first-order valence-electron chi connectivity index (χ1n) is 4.46. The zero-order valence-electron chi connectivity index (χ0n) is 8.89. The van der Waals surface area contributed by atoms with Crippen molar-refractivity contribution in [2.75, 3.05) is 0 Å². The van der Waals surface area contributed by atoms with Crippen LogP contribution in [0, 0.1) is 0 Å². The second-order valence-electron chi connectivity index (χ2n) is 3.46. The van der Waals surface area contributed by atoms with Crippen LogP contribution in [0.15, 0.2) is 11.6 Å². The molecule has 0 N–H and O–H groups in total. The molecule has 0 nitrogen and oxygen atoms in total. The maximum atomic E-state index is 13.0. The average Bonchev–Trinajstić information content (AvgIpc) is 2.13. The fourth-order valence-corrected chi connectivity index (χ4v) is 0.972. The lowest BCUT2D eigenvalue weighted by Crippen LogP contribution is -2.49. The summed E-state index contributed by atoms with van der Waals surface area (Å²) in [7, 11) is 0. The molecule has 17 heavy (non-hydrogen) atoms. The van der Waals surface area contributed by atoms with E-state index in [1.807, 2.05) is 0 Å². The first-order valence-corrected chi connectivity index (χ1v) is 4.46. The highest BCUT2D eigenvalue weighted by molar-refractivity contribution is 5.15. The van der Waals surface area contributed by atoms with Gasteiger partial charge in [0.05, 0.1) is 6.42 Å². The Morgan fingerprint density at radius 3 is 1.76 bits per heavy atom. The first kappa shape index (κ1) is 16.2. The molecule has 0 aliphatic heterocycles. The number of allylic oxidation sites excluding steroid dienone is 2. The van der Waals surface area contributed by atoms with Crippen LogP contribution in [-0.4, -0.2) is 24.2 Å². The average molecular weight is 270 g/mol. The Labute approximate surface area is 92.3 Å². The van der Waals surface area contributed by atoms with Gasteiger partial charge in [0.2, 0.25) is 0 Å². The zero-order chi connectivity index (χ0) is 14.1. The molecule has 1 unspecified atom stereocenters. The predicted octanol–water partition coefficient (Wildman–Crippen LogP) is 4.51. The highest BCUT2D eigenvalue weighted by Gasteiger charge is 2.64. The normalized spacial score (nSPS) is 17.2. The molecular weight excluding hydrogens is 260 g/mol. The van der Waals surface area contributed by atoms with Gasteiger partial charge in [-0.05, 0) is 19.4 Å². The molecule has 0 aliphatic carbocycles. The molecule has 0 aromatic heterocycles. The third kappa shape index (κ3) is 3.57. The van der Waals surface area contributed by atoms with Gasteiger partial charge in [0.15, 0.2) is 6.17 Å². The molecule has 8 heteroatoms. The van der Waals surface area contributed by atoms with Crippen molar-refractivity contribution >= 4 is 0 Å². The minimum atomic E-state index is -5.40. The molecular formula is C9H10F8. The van der Waals surface area contributed by atoms with Crippen molar-refractivity contribution in [3.63, 3.8) is 0 Å². The molecule has 0 spiro atoms. The Kier molecular flexibility index (Phi) is 4.58. The quantitative estimate of drug-likeness (QED) is 0.520. The minimum absolute atomic E-state index is 0.591. The van der Waals surface area contributed by atoms with Crippen molar-refractivity contribution in [3.8, 4) is 0 Å². The summed E-state index contributed by atoms with van der Waals surface area (Å²) in [6, 6.07) is 0. The van der Waals surface area contributed by atoms with E-state index in [1.165, 1.54) is 0 Å². The fourth-order valence-electron chi connectivity index (χ4n) is 0.972. The molecule has 0 rings (SSSR count). The van der Waals surface area contributed by atoms with Crippen molar-refractivity contribution in [2.24, 2.45) is 0 Å².